The fourth-order valence-corrected chi connectivity index (χ4v) is 2.35. The molecule has 1 heterocycles. The molecular formula is C15H27NO8. The second-order valence-electron chi connectivity index (χ2n) is 5.95. The van der Waals surface area contributed by atoms with Crippen LogP contribution in [0.5, 0.6) is 0 Å². The monoisotopic (exact) mass is 349 g/mol. The van der Waals surface area contributed by atoms with Crippen molar-refractivity contribution in [1.29, 1.82) is 0 Å². The van der Waals surface area contributed by atoms with Crippen LogP contribution in [0.2, 0.25) is 0 Å². The number of carbonyl (C=O) groups is 2. The number of amides is 1. The number of aliphatic hydroxyl groups excluding tert-OH is 3. The van der Waals surface area contributed by atoms with E-state index in [1.165, 1.54) is 6.92 Å². The number of esters is 1. The van der Waals surface area contributed by atoms with Gasteiger partial charge in [-0.3, -0.25) is 9.59 Å². The Morgan fingerprint density at radius 3 is 2.46 bits per heavy atom. The summed E-state index contributed by atoms with van der Waals surface area (Å²) < 4.78 is 15.9. The topological polar surface area (TPSA) is 135 Å². The molecule has 0 saturated carbocycles. The average molecular weight is 349 g/mol. The molecule has 9 nitrogen and oxygen atoms in total. The highest BCUT2D eigenvalue weighted by Crippen LogP contribution is 2.22. The van der Waals surface area contributed by atoms with Crippen LogP contribution >= 0.6 is 0 Å². The van der Waals surface area contributed by atoms with E-state index in [2.05, 4.69) is 5.32 Å². The lowest BCUT2D eigenvalue weighted by molar-refractivity contribution is -0.270. The van der Waals surface area contributed by atoms with E-state index in [0.717, 1.165) is 0 Å². The second kappa shape index (κ2) is 9.90. The third-order valence-electron chi connectivity index (χ3n) is 3.43. The predicted molar refractivity (Wildman–Crippen MR) is 81.8 cm³/mol. The molecule has 0 aromatic rings. The smallest absolute Gasteiger partial charge is 0.306 e. The summed E-state index contributed by atoms with van der Waals surface area (Å²) in [6.07, 6.45) is -4.45. The Morgan fingerprint density at radius 2 is 1.92 bits per heavy atom. The van der Waals surface area contributed by atoms with Crippen LogP contribution in [0.3, 0.4) is 0 Å². The van der Waals surface area contributed by atoms with Crippen LogP contribution in [-0.2, 0) is 23.8 Å². The SMILES string of the molecule is CC(=O)NC1C(OCCCC(=O)OC(C)C)OC(CO)C(O)C1O. The number of hydrogen-bond acceptors (Lipinski definition) is 8. The third kappa shape index (κ3) is 6.33. The van der Waals surface area contributed by atoms with Crippen LogP contribution in [0.4, 0.5) is 0 Å². The Balaban J connectivity index is 2.54. The molecule has 4 N–H and O–H groups in total. The van der Waals surface area contributed by atoms with Crippen molar-refractivity contribution in [1.82, 2.24) is 5.32 Å². The molecule has 1 rings (SSSR count). The minimum Gasteiger partial charge on any atom is -0.463 e. The van der Waals surface area contributed by atoms with Gasteiger partial charge in [0.2, 0.25) is 5.91 Å². The molecule has 0 aromatic heterocycles. The van der Waals surface area contributed by atoms with Gasteiger partial charge >= 0.3 is 5.97 Å². The van der Waals surface area contributed by atoms with Crippen LogP contribution in [-0.4, -0.2) is 77.2 Å². The minimum atomic E-state index is -1.35. The average Bonchev–Trinajstić information content (AvgIpc) is 2.49. The van der Waals surface area contributed by atoms with Gasteiger partial charge in [0.25, 0.3) is 0 Å². The lowest BCUT2D eigenvalue weighted by atomic mass is 9.97. The zero-order chi connectivity index (χ0) is 18.3. The first-order valence-corrected chi connectivity index (χ1v) is 7.96. The molecule has 0 radical (unpaired) electrons. The maximum absolute atomic E-state index is 11.4. The Bertz CT molecular complexity index is 416. The molecule has 0 aromatic carbocycles. The van der Waals surface area contributed by atoms with Crippen molar-refractivity contribution in [3.8, 4) is 0 Å². The minimum absolute atomic E-state index is 0.120. The molecule has 1 fully saturated rings. The summed E-state index contributed by atoms with van der Waals surface area (Å²) in [7, 11) is 0. The van der Waals surface area contributed by atoms with Crippen molar-refractivity contribution in [2.75, 3.05) is 13.2 Å². The van der Waals surface area contributed by atoms with Crippen LogP contribution in [0.15, 0.2) is 0 Å². The molecule has 140 valence electrons. The summed E-state index contributed by atoms with van der Waals surface area (Å²) in [5.41, 5.74) is 0. The standard InChI is InChI=1S/C15H27NO8/c1-8(2)23-11(19)5-4-6-22-15-12(16-9(3)18)14(21)13(20)10(7-17)24-15/h8,10,12-15,17,20-21H,4-7H2,1-3H3,(H,16,18). The normalized spacial score (nSPS) is 30.2. The molecule has 1 amide bonds. The summed E-state index contributed by atoms with van der Waals surface area (Å²) in [5, 5.41) is 31.6. The molecule has 0 aliphatic carbocycles. The van der Waals surface area contributed by atoms with Gasteiger partial charge in [-0.05, 0) is 20.3 Å². The fraction of sp³-hybridized carbons (Fsp3) is 0.867. The van der Waals surface area contributed by atoms with Gasteiger partial charge in [-0.2, -0.15) is 0 Å². The van der Waals surface area contributed by atoms with Crippen LogP contribution < -0.4 is 5.32 Å². The molecule has 5 unspecified atom stereocenters. The summed E-state index contributed by atoms with van der Waals surface area (Å²) >= 11 is 0. The number of carbonyl (C=O) groups excluding carboxylic acids is 2. The third-order valence-corrected chi connectivity index (χ3v) is 3.43. The van der Waals surface area contributed by atoms with E-state index in [1.54, 1.807) is 13.8 Å². The molecule has 5 atom stereocenters. The lowest BCUT2D eigenvalue weighted by Gasteiger charge is -2.42. The molecule has 1 aliphatic heterocycles. The largest absolute Gasteiger partial charge is 0.463 e. The van der Waals surface area contributed by atoms with Crippen molar-refractivity contribution < 1.29 is 39.1 Å². The highest BCUT2D eigenvalue weighted by molar-refractivity contribution is 5.73. The molecule has 9 heteroatoms. The fourth-order valence-electron chi connectivity index (χ4n) is 2.35. The summed E-state index contributed by atoms with van der Waals surface area (Å²) in [5.74, 6) is -0.772. The molecule has 24 heavy (non-hydrogen) atoms. The Morgan fingerprint density at radius 1 is 1.25 bits per heavy atom. The highest BCUT2D eigenvalue weighted by Gasteiger charge is 2.45. The van der Waals surface area contributed by atoms with E-state index < -0.39 is 43.2 Å². The maximum atomic E-state index is 11.4. The Kier molecular flexibility index (Phi) is 8.57. The van der Waals surface area contributed by atoms with E-state index >= 15 is 0 Å². The van der Waals surface area contributed by atoms with Gasteiger partial charge in [-0.15, -0.1) is 0 Å². The first-order valence-electron chi connectivity index (χ1n) is 7.96. The number of hydrogen-bond donors (Lipinski definition) is 4. The number of ether oxygens (including phenoxy) is 3. The van der Waals surface area contributed by atoms with Gasteiger partial charge in [-0.25, -0.2) is 0 Å². The van der Waals surface area contributed by atoms with E-state index in [4.69, 9.17) is 14.2 Å². The van der Waals surface area contributed by atoms with Crippen molar-refractivity contribution >= 4 is 11.9 Å². The van der Waals surface area contributed by atoms with Crippen molar-refractivity contribution in [2.45, 2.75) is 70.4 Å². The zero-order valence-electron chi connectivity index (χ0n) is 14.2. The molecule has 1 aliphatic rings. The molecule has 0 spiro atoms. The van der Waals surface area contributed by atoms with Gasteiger partial charge in [0.15, 0.2) is 6.29 Å². The van der Waals surface area contributed by atoms with Crippen LogP contribution in [0.25, 0.3) is 0 Å². The number of nitrogens with one attached hydrogen (secondary N) is 1. The predicted octanol–water partition coefficient (Wildman–Crippen LogP) is -1.32. The van der Waals surface area contributed by atoms with Crippen LogP contribution in [0.1, 0.15) is 33.6 Å². The first-order chi connectivity index (χ1) is 11.3. The summed E-state index contributed by atoms with van der Waals surface area (Å²) in [6.45, 7) is 4.38. The molecule has 0 bridgehead atoms. The van der Waals surface area contributed by atoms with E-state index in [1.807, 2.05) is 0 Å². The summed E-state index contributed by atoms with van der Waals surface area (Å²) in [6, 6.07) is -0.983. The van der Waals surface area contributed by atoms with Gasteiger partial charge in [0, 0.05) is 13.3 Å². The van der Waals surface area contributed by atoms with Crippen molar-refractivity contribution in [3.63, 3.8) is 0 Å². The van der Waals surface area contributed by atoms with Gasteiger partial charge in [-0.1, -0.05) is 0 Å². The molecule has 1 saturated heterocycles. The number of aliphatic hydroxyl groups is 3. The quantitative estimate of drug-likeness (QED) is 0.313. The van der Waals surface area contributed by atoms with Crippen LogP contribution in [0, 0.1) is 0 Å². The number of rotatable bonds is 8. The Labute approximate surface area is 140 Å². The van der Waals surface area contributed by atoms with Crippen molar-refractivity contribution in [2.24, 2.45) is 0 Å². The van der Waals surface area contributed by atoms with Crippen molar-refractivity contribution in [3.05, 3.63) is 0 Å². The van der Waals surface area contributed by atoms with Gasteiger partial charge < -0.3 is 34.8 Å². The Hall–Kier alpha value is -1.26. The van der Waals surface area contributed by atoms with E-state index in [-0.39, 0.29) is 25.1 Å². The van der Waals surface area contributed by atoms with Gasteiger partial charge in [0.05, 0.1) is 19.3 Å². The molecular weight excluding hydrogens is 322 g/mol. The van der Waals surface area contributed by atoms with E-state index in [9.17, 15) is 24.9 Å². The maximum Gasteiger partial charge on any atom is 0.306 e. The van der Waals surface area contributed by atoms with Gasteiger partial charge in [0.1, 0.15) is 24.4 Å². The second-order valence-corrected chi connectivity index (χ2v) is 5.95. The lowest BCUT2D eigenvalue weighted by Crippen LogP contribution is -2.64. The highest BCUT2D eigenvalue weighted by atomic mass is 16.7. The first kappa shape index (κ1) is 20.8. The summed E-state index contributed by atoms with van der Waals surface area (Å²) in [4.78, 5) is 22.7. The zero-order valence-corrected chi connectivity index (χ0v) is 14.2. The van der Waals surface area contributed by atoms with E-state index in [0.29, 0.717) is 6.42 Å².